The predicted octanol–water partition coefficient (Wildman–Crippen LogP) is 3.44. The molecule has 0 spiro atoms. The van der Waals surface area contributed by atoms with Crippen molar-refractivity contribution >= 4 is 40.5 Å². The maximum Gasteiger partial charge on any atom is 0.264 e. The number of hydrogen-bond acceptors (Lipinski definition) is 4. The summed E-state index contributed by atoms with van der Waals surface area (Å²) in [5, 5.41) is 15.4. The molecule has 23 heavy (non-hydrogen) atoms. The molecule has 1 aliphatic rings. The third-order valence-electron chi connectivity index (χ3n) is 3.03. The fraction of sp³-hybridized carbons (Fsp3) is 0.125. The van der Waals surface area contributed by atoms with E-state index in [1.54, 1.807) is 47.5 Å². The second-order valence-corrected chi connectivity index (χ2v) is 5.56. The monoisotopic (exact) mass is 351 g/mol. The van der Waals surface area contributed by atoms with E-state index in [9.17, 15) is 4.79 Å². The summed E-state index contributed by atoms with van der Waals surface area (Å²) in [7, 11) is 0. The quantitative estimate of drug-likeness (QED) is 0.869. The number of primary amides is 1. The number of anilines is 1. The zero-order valence-electron chi connectivity index (χ0n) is 12.1. The van der Waals surface area contributed by atoms with Crippen LogP contribution in [0.2, 0.25) is 10.0 Å². The molecule has 1 amide bonds. The number of carbonyl (C=O) groups excluding carboxylic acids is 1. The Balaban J connectivity index is 0.000000229. The van der Waals surface area contributed by atoms with Crippen LogP contribution in [-0.4, -0.2) is 23.3 Å². The van der Waals surface area contributed by atoms with Gasteiger partial charge in [0.25, 0.3) is 5.91 Å². The third-order valence-corrected chi connectivity index (χ3v) is 3.57. The SMILES string of the molecule is NC(=O)C1=NN(c2ccc(Cl)cc2Cl)CC1.Oc1ccccc1. The predicted molar refractivity (Wildman–Crippen MR) is 93.2 cm³/mol. The molecule has 0 aliphatic carbocycles. The van der Waals surface area contributed by atoms with E-state index >= 15 is 0 Å². The molecule has 1 heterocycles. The molecular weight excluding hydrogens is 337 g/mol. The maximum atomic E-state index is 10.9. The minimum atomic E-state index is -0.493. The number of hydrogen-bond donors (Lipinski definition) is 2. The van der Waals surface area contributed by atoms with E-state index in [4.69, 9.17) is 34.0 Å². The van der Waals surface area contributed by atoms with E-state index < -0.39 is 5.91 Å². The lowest BCUT2D eigenvalue weighted by molar-refractivity contribution is -0.112. The van der Waals surface area contributed by atoms with Crippen molar-refractivity contribution in [3.05, 3.63) is 58.6 Å². The number of nitrogens with zero attached hydrogens (tertiary/aromatic N) is 2. The zero-order valence-corrected chi connectivity index (χ0v) is 13.6. The molecule has 120 valence electrons. The van der Waals surface area contributed by atoms with Gasteiger partial charge in [-0.05, 0) is 30.3 Å². The van der Waals surface area contributed by atoms with Gasteiger partial charge in [0.1, 0.15) is 11.5 Å². The molecule has 0 aromatic heterocycles. The Kier molecular flexibility index (Phi) is 5.84. The van der Waals surface area contributed by atoms with Gasteiger partial charge in [0.05, 0.1) is 10.7 Å². The number of amides is 1. The topological polar surface area (TPSA) is 78.9 Å². The number of nitrogens with two attached hydrogens (primary N) is 1. The summed E-state index contributed by atoms with van der Waals surface area (Å²) in [5.41, 5.74) is 6.24. The van der Waals surface area contributed by atoms with Crippen molar-refractivity contribution in [3.63, 3.8) is 0 Å². The van der Waals surface area contributed by atoms with Crippen LogP contribution in [0.4, 0.5) is 5.69 Å². The summed E-state index contributed by atoms with van der Waals surface area (Å²) in [6.07, 6.45) is 0.536. The lowest BCUT2D eigenvalue weighted by Crippen LogP contribution is -2.21. The highest BCUT2D eigenvalue weighted by Crippen LogP contribution is 2.30. The lowest BCUT2D eigenvalue weighted by Gasteiger charge is -2.14. The number of hydrazone groups is 1. The van der Waals surface area contributed by atoms with Gasteiger partial charge in [0.15, 0.2) is 0 Å². The maximum absolute atomic E-state index is 10.9. The summed E-state index contributed by atoms with van der Waals surface area (Å²) >= 11 is 11.8. The Morgan fingerprint density at radius 2 is 1.87 bits per heavy atom. The first-order valence-corrected chi connectivity index (χ1v) is 7.57. The van der Waals surface area contributed by atoms with Crippen LogP contribution >= 0.6 is 23.2 Å². The average Bonchev–Trinajstić information content (AvgIpc) is 2.98. The molecule has 0 atom stereocenters. The van der Waals surface area contributed by atoms with Gasteiger partial charge in [-0.15, -0.1) is 0 Å². The van der Waals surface area contributed by atoms with Crippen molar-refractivity contribution in [1.29, 1.82) is 0 Å². The van der Waals surface area contributed by atoms with Crippen LogP contribution < -0.4 is 10.7 Å². The number of para-hydroxylation sites is 1. The van der Waals surface area contributed by atoms with E-state index in [2.05, 4.69) is 5.10 Å². The van der Waals surface area contributed by atoms with Crippen LogP contribution in [0.1, 0.15) is 6.42 Å². The summed E-state index contributed by atoms with van der Waals surface area (Å²) < 4.78 is 0. The molecular formula is C16H15Cl2N3O2. The summed E-state index contributed by atoms with van der Waals surface area (Å²) in [5.74, 6) is -0.171. The fourth-order valence-corrected chi connectivity index (χ4v) is 2.43. The highest BCUT2D eigenvalue weighted by molar-refractivity contribution is 6.39. The van der Waals surface area contributed by atoms with Crippen LogP contribution in [0, 0.1) is 0 Å². The molecule has 0 saturated carbocycles. The summed E-state index contributed by atoms with van der Waals surface area (Å²) in [6.45, 7) is 0.597. The molecule has 3 N–H and O–H groups in total. The molecule has 0 fully saturated rings. The molecule has 0 saturated heterocycles. The molecule has 0 unspecified atom stereocenters. The molecule has 2 aromatic carbocycles. The van der Waals surface area contributed by atoms with Gasteiger partial charge in [-0.25, -0.2) is 0 Å². The number of phenols is 1. The average molecular weight is 352 g/mol. The van der Waals surface area contributed by atoms with Crippen molar-refractivity contribution in [3.8, 4) is 5.75 Å². The van der Waals surface area contributed by atoms with Crippen molar-refractivity contribution in [2.45, 2.75) is 6.42 Å². The third kappa shape index (κ3) is 4.87. The molecule has 7 heteroatoms. The van der Waals surface area contributed by atoms with Gasteiger partial charge in [-0.1, -0.05) is 41.4 Å². The molecule has 1 aliphatic heterocycles. The van der Waals surface area contributed by atoms with E-state index in [1.807, 2.05) is 6.07 Å². The first-order chi connectivity index (χ1) is 11.0. The molecule has 0 radical (unpaired) electrons. The van der Waals surface area contributed by atoms with Gasteiger partial charge < -0.3 is 10.8 Å². The Hall–Kier alpha value is -2.24. The summed E-state index contributed by atoms with van der Waals surface area (Å²) in [6, 6.07) is 13.8. The number of phenolic OH excluding ortho intramolecular Hbond substituents is 1. The van der Waals surface area contributed by atoms with Crippen molar-refractivity contribution < 1.29 is 9.90 Å². The number of carbonyl (C=O) groups is 1. The van der Waals surface area contributed by atoms with Crippen molar-refractivity contribution in [1.82, 2.24) is 0 Å². The van der Waals surface area contributed by atoms with Crippen molar-refractivity contribution in [2.75, 3.05) is 11.6 Å². The number of rotatable bonds is 2. The van der Waals surface area contributed by atoms with Gasteiger partial charge in [-0.3, -0.25) is 9.80 Å². The lowest BCUT2D eigenvalue weighted by atomic mass is 10.2. The smallest absolute Gasteiger partial charge is 0.264 e. The van der Waals surface area contributed by atoms with Crippen LogP contribution in [0.3, 0.4) is 0 Å². The fourth-order valence-electron chi connectivity index (χ4n) is 1.92. The zero-order chi connectivity index (χ0) is 16.8. The minimum Gasteiger partial charge on any atom is -0.508 e. The molecule has 2 aromatic rings. The van der Waals surface area contributed by atoms with Gasteiger partial charge in [0.2, 0.25) is 0 Å². The molecule has 0 bridgehead atoms. The van der Waals surface area contributed by atoms with Crippen LogP contribution in [0.15, 0.2) is 53.6 Å². The van der Waals surface area contributed by atoms with Crippen LogP contribution in [-0.2, 0) is 4.79 Å². The normalized spacial score (nSPS) is 13.1. The number of aromatic hydroxyl groups is 1. The van der Waals surface area contributed by atoms with Crippen LogP contribution in [0.5, 0.6) is 5.75 Å². The van der Waals surface area contributed by atoms with E-state index in [1.165, 1.54) is 0 Å². The number of halogens is 2. The Morgan fingerprint density at radius 1 is 1.17 bits per heavy atom. The Labute approximate surface area is 143 Å². The standard InChI is InChI=1S/C10H9Cl2N3O.C6H6O/c11-6-1-2-9(7(12)5-6)15-4-3-8(14-15)10(13)16;7-6-4-2-1-3-5-6/h1-2,5H,3-4H2,(H2,13,16);1-5,7H. The van der Waals surface area contributed by atoms with Crippen LogP contribution in [0.25, 0.3) is 0 Å². The van der Waals surface area contributed by atoms with Gasteiger partial charge in [0, 0.05) is 18.0 Å². The first kappa shape index (κ1) is 17.1. The summed E-state index contributed by atoms with van der Waals surface area (Å²) in [4.78, 5) is 10.9. The first-order valence-electron chi connectivity index (χ1n) is 6.81. The van der Waals surface area contributed by atoms with E-state index in [-0.39, 0.29) is 0 Å². The second kappa shape index (κ2) is 7.85. The minimum absolute atomic E-state index is 0.322. The highest BCUT2D eigenvalue weighted by atomic mass is 35.5. The second-order valence-electron chi connectivity index (χ2n) is 4.72. The van der Waals surface area contributed by atoms with Gasteiger partial charge in [-0.2, -0.15) is 5.10 Å². The Morgan fingerprint density at radius 3 is 2.35 bits per heavy atom. The largest absolute Gasteiger partial charge is 0.508 e. The molecule has 5 nitrogen and oxygen atoms in total. The highest BCUT2D eigenvalue weighted by Gasteiger charge is 2.21. The van der Waals surface area contributed by atoms with Gasteiger partial charge >= 0.3 is 0 Å². The van der Waals surface area contributed by atoms with E-state index in [0.717, 1.165) is 5.69 Å². The Bertz CT molecular complexity index is 721. The van der Waals surface area contributed by atoms with Crippen molar-refractivity contribution in [2.24, 2.45) is 10.8 Å². The number of benzene rings is 2. The molecule has 3 rings (SSSR count). The van der Waals surface area contributed by atoms with E-state index in [0.29, 0.717) is 34.5 Å².